The third-order valence-electron chi connectivity index (χ3n) is 3.01. The molecule has 2 aromatic heterocycles. The highest BCUT2D eigenvalue weighted by molar-refractivity contribution is 5.93. The Hall–Kier alpha value is -2.50. The van der Waals surface area contributed by atoms with Gasteiger partial charge in [0.2, 0.25) is 5.88 Å². The minimum atomic E-state index is -0.219. The molecule has 2 heterocycles. The number of hydrogen-bond acceptors (Lipinski definition) is 5. The molecule has 0 aliphatic carbocycles. The van der Waals surface area contributed by atoms with E-state index in [9.17, 15) is 4.79 Å². The summed E-state index contributed by atoms with van der Waals surface area (Å²) in [6.07, 6.45) is 3.03. The van der Waals surface area contributed by atoms with E-state index in [1.165, 1.54) is 6.33 Å². The van der Waals surface area contributed by atoms with Gasteiger partial charge in [-0.1, -0.05) is 0 Å². The van der Waals surface area contributed by atoms with E-state index in [0.29, 0.717) is 18.1 Å². The average molecular weight is 272 g/mol. The van der Waals surface area contributed by atoms with Gasteiger partial charge in [-0.15, -0.1) is 0 Å². The van der Waals surface area contributed by atoms with E-state index < -0.39 is 0 Å². The Morgan fingerprint density at radius 2 is 2.10 bits per heavy atom. The summed E-state index contributed by atoms with van der Waals surface area (Å²) in [5, 5.41) is 2.82. The summed E-state index contributed by atoms with van der Waals surface area (Å²) in [6, 6.07) is 3.60. The quantitative estimate of drug-likeness (QED) is 0.911. The number of carbonyl (C=O) groups excluding carboxylic acids is 1. The summed E-state index contributed by atoms with van der Waals surface area (Å²) < 4.78 is 5.04. The predicted octanol–water partition coefficient (Wildman–Crippen LogP) is 1.43. The molecule has 2 rings (SSSR count). The summed E-state index contributed by atoms with van der Waals surface area (Å²) in [7, 11) is 1.55. The van der Waals surface area contributed by atoms with E-state index in [2.05, 4.69) is 20.3 Å². The summed E-state index contributed by atoms with van der Waals surface area (Å²) in [5.41, 5.74) is 2.90. The van der Waals surface area contributed by atoms with Crippen LogP contribution in [0, 0.1) is 13.8 Å². The van der Waals surface area contributed by atoms with Crippen molar-refractivity contribution in [3.63, 3.8) is 0 Å². The van der Waals surface area contributed by atoms with Crippen LogP contribution in [0.5, 0.6) is 5.88 Å². The second-order valence-corrected chi connectivity index (χ2v) is 4.32. The molecule has 0 unspecified atom stereocenters. The van der Waals surface area contributed by atoms with E-state index >= 15 is 0 Å². The first-order chi connectivity index (χ1) is 9.61. The lowest BCUT2D eigenvalue weighted by atomic mass is 10.2. The van der Waals surface area contributed by atoms with E-state index in [1.807, 2.05) is 19.9 Å². The second-order valence-electron chi connectivity index (χ2n) is 4.32. The zero-order valence-corrected chi connectivity index (χ0v) is 11.7. The number of rotatable bonds is 4. The number of aryl methyl sites for hydroxylation is 1. The number of ether oxygens (including phenoxy) is 1. The number of carbonyl (C=O) groups is 1. The average Bonchev–Trinajstić information content (AvgIpc) is 2.48. The van der Waals surface area contributed by atoms with E-state index in [1.54, 1.807) is 19.4 Å². The zero-order chi connectivity index (χ0) is 14.5. The molecule has 0 fully saturated rings. The smallest absolute Gasteiger partial charge is 0.270 e. The van der Waals surface area contributed by atoms with Gasteiger partial charge in [0.1, 0.15) is 12.0 Å². The van der Waals surface area contributed by atoms with Crippen molar-refractivity contribution >= 4 is 5.91 Å². The van der Waals surface area contributed by atoms with Gasteiger partial charge in [-0.2, -0.15) is 0 Å². The van der Waals surface area contributed by atoms with Gasteiger partial charge in [-0.25, -0.2) is 15.0 Å². The van der Waals surface area contributed by atoms with Gasteiger partial charge < -0.3 is 10.1 Å². The van der Waals surface area contributed by atoms with E-state index in [0.717, 1.165) is 16.8 Å². The number of aromatic nitrogens is 3. The van der Waals surface area contributed by atoms with Crippen molar-refractivity contribution in [2.75, 3.05) is 7.11 Å². The summed E-state index contributed by atoms with van der Waals surface area (Å²) in [4.78, 5) is 24.2. The molecule has 0 aliphatic rings. The number of nitrogens with one attached hydrogen (secondary N) is 1. The van der Waals surface area contributed by atoms with Crippen LogP contribution in [-0.4, -0.2) is 28.0 Å². The van der Waals surface area contributed by atoms with Crippen LogP contribution in [0.1, 0.15) is 27.3 Å². The molecule has 0 saturated carbocycles. The highest BCUT2D eigenvalue weighted by Gasteiger charge is 2.12. The van der Waals surface area contributed by atoms with Crippen molar-refractivity contribution in [1.29, 1.82) is 0 Å². The fourth-order valence-corrected chi connectivity index (χ4v) is 1.71. The molecule has 0 bridgehead atoms. The Morgan fingerprint density at radius 3 is 2.85 bits per heavy atom. The predicted molar refractivity (Wildman–Crippen MR) is 73.5 cm³/mol. The molecule has 20 heavy (non-hydrogen) atoms. The fraction of sp³-hybridized carbons (Fsp3) is 0.286. The van der Waals surface area contributed by atoms with Crippen LogP contribution in [0.2, 0.25) is 0 Å². The molecule has 1 N–H and O–H groups in total. The van der Waals surface area contributed by atoms with Gasteiger partial charge in [-0.3, -0.25) is 4.79 Å². The van der Waals surface area contributed by atoms with Crippen molar-refractivity contribution in [3.8, 4) is 5.88 Å². The first kappa shape index (κ1) is 13.9. The summed E-state index contributed by atoms with van der Waals surface area (Å²) in [6.45, 7) is 4.07. The normalized spacial score (nSPS) is 10.2. The zero-order valence-electron chi connectivity index (χ0n) is 11.7. The minimum Gasteiger partial charge on any atom is -0.481 e. The van der Waals surface area contributed by atoms with Gasteiger partial charge in [-0.05, 0) is 25.5 Å². The molecule has 104 valence electrons. The maximum atomic E-state index is 12.1. The molecule has 6 nitrogen and oxygen atoms in total. The van der Waals surface area contributed by atoms with Gasteiger partial charge in [0, 0.05) is 30.1 Å². The summed E-state index contributed by atoms with van der Waals surface area (Å²) >= 11 is 0. The number of methoxy groups -OCH3 is 1. The number of hydrogen-bond donors (Lipinski definition) is 1. The maximum Gasteiger partial charge on any atom is 0.270 e. The molecule has 2 aromatic rings. The Labute approximate surface area is 117 Å². The van der Waals surface area contributed by atoms with Gasteiger partial charge >= 0.3 is 0 Å². The van der Waals surface area contributed by atoms with Crippen LogP contribution < -0.4 is 10.1 Å². The highest BCUT2D eigenvalue weighted by atomic mass is 16.5. The number of nitrogens with zero attached hydrogens (tertiary/aromatic N) is 3. The maximum absolute atomic E-state index is 12.1. The number of amides is 1. The molecule has 0 aromatic carbocycles. The molecular weight excluding hydrogens is 256 g/mol. The van der Waals surface area contributed by atoms with Crippen LogP contribution in [0.3, 0.4) is 0 Å². The van der Waals surface area contributed by atoms with Crippen molar-refractivity contribution in [2.45, 2.75) is 20.4 Å². The van der Waals surface area contributed by atoms with Gasteiger partial charge in [0.15, 0.2) is 0 Å². The van der Waals surface area contributed by atoms with Crippen LogP contribution in [0.4, 0.5) is 0 Å². The molecule has 6 heteroatoms. The van der Waals surface area contributed by atoms with Crippen molar-refractivity contribution in [2.24, 2.45) is 0 Å². The Kier molecular flexibility index (Phi) is 4.24. The largest absolute Gasteiger partial charge is 0.481 e. The molecule has 0 aliphatic heterocycles. The Bertz CT molecular complexity index is 628. The van der Waals surface area contributed by atoms with E-state index in [4.69, 9.17) is 4.74 Å². The van der Waals surface area contributed by atoms with Crippen LogP contribution in [0.15, 0.2) is 24.7 Å². The summed E-state index contributed by atoms with van der Waals surface area (Å²) in [5.74, 6) is 0.301. The Morgan fingerprint density at radius 1 is 1.30 bits per heavy atom. The standard InChI is InChI=1S/C14H16N4O2/c1-9-10(2)17-8-18-13(9)14(19)16-7-11-4-5-15-12(6-11)20-3/h4-6,8H,7H2,1-3H3,(H,16,19). The molecule has 0 spiro atoms. The van der Waals surface area contributed by atoms with Crippen LogP contribution in [0.25, 0.3) is 0 Å². The lowest BCUT2D eigenvalue weighted by Crippen LogP contribution is -2.25. The topological polar surface area (TPSA) is 77.0 Å². The SMILES string of the molecule is COc1cc(CNC(=O)c2ncnc(C)c2C)ccn1. The fourth-order valence-electron chi connectivity index (χ4n) is 1.71. The first-order valence-electron chi connectivity index (χ1n) is 6.17. The first-order valence-corrected chi connectivity index (χ1v) is 6.17. The monoisotopic (exact) mass is 272 g/mol. The van der Waals surface area contributed by atoms with Gasteiger partial charge in [0.05, 0.1) is 7.11 Å². The third-order valence-corrected chi connectivity index (χ3v) is 3.01. The lowest BCUT2D eigenvalue weighted by Gasteiger charge is -2.08. The molecule has 0 atom stereocenters. The van der Waals surface area contributed by atoms with Crippen molar-refractivity contribution in [3.05, 3.63) is 47.2 Å². The lowest BCUT2D eigenvalue weighted by molar-refractivity contribution is 0.0945. The second kappa shape index (κ2) is 6.10. The Balaban J connectivity index is 2.06. The molecular formula is C14H16N4O2. The highest BCUT2D eigenvalue weighted by Crippen LogP contribution is 2.10. The van der Waals surface area contributed by atoms with Crippen LogP contribution in [-0.2, 0) is 6.54 Å². The van der Waals surface area contributed by atoms with Crippen molar-refractivity contribution < 1.29 is 9.53 Å². The van der Waals surface area contributed by atoms with Crippen molar-refractivity contribution in [1.82, 2.24) is 20.3 Å². The third kappa shape index (κ3) is 3.09. The molecule has 0 saturated heterocycles. The van der Waals surface area contributed by atoms with Crippen LogP contribution >= 0.6 is 0 Å². The molecule has 0 radical (unpaired) electrons. The van der Waals surface area contributed by atoms with Gasteiger partial charge in [0.25, 0.3) is 5.91 Å². The van der Waals surface area contributed by atoms with E-state index in [-0.39, 0.29) is 5.91 Å². The molecule has 1 amide bonds. The minimum absolute atomic E-state index is 0.219. The number of pyridine rings is 1.